The van der Waals surface area contributed by atoms with E-state index in [1.807, 2.05) is 18.2 Å². The minimum atomic E-state index is -0.171. The maximum absolute atomic E-state index is 9.50. The Morgan fingerprint density at radius 2 is 1.50 bits per heavy atom. The molecule has 0 aliphatic carbocycles. The van der Waals surface area contributed by atoms with Gasteiger partial charge in [0.1, 0.15) is 0 Å². The van der Waals surface area contributed by atoms with E-state index in [0.717, 1.165) is 5.56 Å². The van der Waals surface area contributed by atoms with Crippen LogP contribution in [0.2, 0.25) is 0 Å². The predicted octanol–water partition coefficient (Wildman–Crippen LogP) is 2.61. The second-order valence-corrected chi connectivity index (χ2v) is 4.87. The Morgan fingerprint density at radius 1 is 0.889 bits per heavy atom. The van der Waals surface area contributed by atoms with Crippen LogP contribution >= 0.6 is 0 Å². The minimum absolute atomic E-state index is 0.150. The van der Waals surface area contributed by atoms with Crippen LogP contribution in [-0.4, -0.2) is 24.9 Å². The molecule has 2 heteroatoms. The van der Waals surface area contributed by atoms with Crippen molar-refractivity contribution in [3.05, 3.63) is 60.2 Å². The van der Waals surface area contributed by atoms with Crippen LogP contribution in [0.1, 0.15) is 5.56 Å². The highest BCUT2D eigenvalue weighted by atomic mass is 16.5. The van der Waals surface area contributed by atoms with Crippen molar-refractivity contribution in [1.29, 1.82) is 0 Å². The van der Waals surface area contributed by atoms with Crippen LogP contribution < -0.4 is 0 Å². The van der Waals surface area contributed by atoms with Crippen molar-refractivity contribution in [1.82, 2.24) is 0 Å². The maximum Gasteiger partial charge on any atom is 0.0651 e. The SMILES string of the molecule is OCC1(c2ccc(-c3ccccc3)cc2)COC1. The largest absolute Gasteiger partial charge is 0.395 e. The Kier molecular flexibility index (Phi) is 2.90. The van der Waals surface area contributed by atoms with Crippen LogP contribution in [0.25, 0.3) is 11.1 Å². The van der Waals surface area contributed by atoms with Gasteiger partial charge in [0, 0.05) is 0 Å². The molecule has 2 nitrogen and oxygen atoms in total. The van der Waals surface area contributed by atoms with E-state index in [2.05, 4.69) is 36.4 Å². The lowest BCUT2D eigenvalue weighted by Crippen LogP contribution is -2.49. The van der Waals surface area contributed by atoms with Crippen molar-refractivity contribution in [2.24, 2.45) is 0 Å². The molecule has 0 unspecified atom stereocenters. The average Bonchev–Trinajstić information content (AvgIpc) is 2.40. The third-order valence-corrected chi connectivity index (χ3v) is 3.66. The molecule has 92 valence electrons. The molecule has 1 fully saturated rings. The number of hydrogen-bond acceptors (Lipinski definition) is 2. The average molecular weight is 240 g/mol. The zero-order valence-electron chi connectivity index (χ0n) is 10.2. The molecular weight excluding hydrogens is 224 g/mol. The molecule has 18 heavy (non-hydrogen) atoms. The van der Waals surface area contributed by atoms with Crippen LogP contribution in [0.15, 0.2) is 54.6 Å². The second kappa shape index (κ2) is 4.56. The summed E-state index contributed by atoms with van der Waals surface area (Å²) in [7, 11) is 0. The van der Waals surface area contributed by atoms with E-state index in [0.29, 0.717) is 13.2 Å². The van der Waals surface area contributed by atoms with Crippen molar-refractivity contribution >= 4 is 0 Å². The lowest BCUT2D eigenvalue weighted by atomic mass is 9.79. The number of benzene rings is 2. The summed E-state index contributed by atoms with van der Waals surface area (Å²) in [6.45, 7) is 1.39. The van der Waals surface area contributed by atoms with Crippen LogP contribution in [0, 0.1) is 0 Å². The molecule has 0 saturated carbocycles. The summed E-state index contributed by atoms with van der Waals surface area (Å²) in [5.41, 5.74) is 3.41. The van der Waals surface area contributed by atoms with Gasteiger partial charge >= 0.3 is 0 Å². The molecular formula is C16H16O2. The van der Waals surface area contributed by atoms with Gasteiger partial charge in [0.25, 0.3) is 0 Å². The molecule has 0 bridgehead atoms. The van der Waals surface area contributed by atoms with E-state index in [1.54, 1.807) is 0 Å². The molecule has 1 saturated heterocycles. The number of aliphatic hydroxyl groups is 1. The molecule has 3 rings (SSSR count). The summed E-state index contributed by atoms with van der Waals surface area (Å²) in [5.74, 6) is 0. The molecule has 1 aliphatic rings. The first-order chi connectivity index (χ1) is 8.84. The van der Waals surface area contributed by atoms with Crippen LogP contribution in [-0.2, 0) is 10.2 Å². The minimum Gasteiger partial charge on any atom is -0.395 e. The zero-order chi connectivity index (χ0) is 12.4. The molecule has 0 amide bonds. The predicted molar refractivity (Wildman–Crippen MR) is 71.5 cm³/mol. The van der Waals surface area contributed by atoms with Gasteiger partial charge < -0.3 is 9.84 Å². The zero-order valence-corrected chi connectivity index (χ0v) is 10.2. The number of ether oxygens (including phenoxy) is 1. The van der Waals surface area contributed by atoms with E-state index in [-0.39, 0.29) is 12.0 Å². The summed E-state index contributed by atoms with van der Waals surface area (Å²) in [4.78, 5) is 0. The smallest absolute Gasteiger partial charge is 0.0651 e. The molecule has 2 aromatic rings. The van der Waals surface area contributed by atoms with E-state index in [9.17, 15) is 5.11 Å². The Hall–Kier alpha value is -1.64. The molecule has 2 aromatic carbocycles. The molecule has 0 atom stereocenters. The van der Waals surface area contributed by atoms with Gasteiger partial charge in [0.15, 0.2) is 0 Å². The van der Waals surface area contributed by atoms with Crippen molar-refractivity contribution in [3.63, 3.8) is 0 Å². The van der Waals surface area contributed by atoms with Gasteiger partial charge in [-0.05, 0) is 16.7 Å². The van der Waals surface area contributed by atoms with E-state index < -0.39 is 0 Å². The topological polar surface area (TPSA) is 29.5 Å². The number of aliphatic hydroxyl groups excluding tert-OH is 1. The van der Waals surface area contributed by atoms with E-state index in [4.69, 9.17) is 4.74 Å². The summed E-state index contributed by atoms with van der Waals surface area (Å²) in [6.07, 6.45) is 0. The summed E-state index contributed by atoms with van der Waals surface area (Å²) in [5, 5.41) is 9.50. The summed E-state index contributed by atoms with van der Waals surface area (Å²) >= 11 is 0. The molecule has 0 aromatic heterocycles. The third kappa shape index (κ3) is 1.84. The van der Waals surface area contributed by atoms with Gasteiger partial charge in [-0.15, -0.1) is 0 Å². The standard InChI is InChI=1S/C16H16O2/c17-10-16(11-18-12-16)15-8-6-14(7-9-15)13-4-2-1-3-5-13/h1-9,17H,10-12H2. The Bertz CT molecular complexity index is 507. The molecule has 0 spiro atoms. The normalized spacial score (nSPS) is 17.2. The lowest BCUT2D eigenvalue weighted by Gasteiger charge is -2.40. The molecule has 1 heterocycles. The quantitative estimate of drug-likeness (QED) is 0.893. The molecule has 0 radical (unpaired) electrons. The van der Waals surface area contributed by atoms with Crippen LogP contribution in [0.5, 0.6) is 0 Å². The van der Waals surface area contributed by atoms with Crippen molar-refractivity contribution in [2.75, 3.05) is 19.8 Å². The van der Waals surface area contributed by atoms with Crippen molar-refractivity contribution in [3.8, 4) is 11.1 Å². The van der Waals surface area contributed by atoms with Gasteiger partial charge in [-0.25, -0.2) is 0 Å². The fraction of sp³-hybridized carbons (Fsp3) is 0.250. The third-order valence-electron chi connectivity index (χ3n) is 3.66. The lowest BCUT2D eigenvalue weighted by molar-refractivity contribution is -0.0841. The first-order valence-electron chi connectivity index (χ1n) is 6.19. The van der Waals surface area contributed by atoms with Crippen LogP contribution in [0.3, 0.4) is 0 Å². The van der Waals surface area contributed by atoms with Gasteiger partial charge in [-0.1, -0.05) is 54.6 Å². The van der Waals surface area contributed by atoms with Gasteiger partial charge in [-0.2, -0.15) is 0 Å². The number of rotatable bonds is 3. The number of hydrogen-bond donors (Lipinski definition) is 1. The van der Waals surface area contributed by atoms with E-state index in [1.165, 1.54) is 11.1 Å². The monoisotopic (exact) mass is 240 g/mol. The van der Waals surface area contributed by atoms with Gasteiger partial charge in [0.05, 0.1) is 25.2 Å². The Labute approximate surface area is 107 Å². The molecule has 1 aliphatic heterocycles. The van der Waals surface area contributed by atoms with Crippen LogP contribution in [0.4, 0.5) is 0 Å². The Balaban J connectivity index is 1.90. The van der Waals surface area contributed by atoms with Crippen molar-refractivity contribution in [2.45, 2.75) is 5.41 Å². The highest BCUT2D eigenvalue weighted by Crippen LogP contribution is 2.33. The first kappa shape index (κ1) is 11.5. The van der Waals surface area contributed by atoms with E-state index >= 15 is 0 Å². The highest BCUT2D eigenvalue weighted by molar-refractivity contribution is 5.63. The van der Waals surface area contributed by atoms with Crippen molar-refractivity contribution < 1.29 is 9.84 Å². The Morgan fingerprint density at radius 3 is 2.00 bits per heavy atom. The fourth-order valence-electron chi connectivity index (χ4n) is 2.34. The first-order valence-corrected chi connectivity index (χ1v) is 6.19. The highest BCUT2D eigenvalue weighted by Gasteiger charge is 2.39. The summed E-state index contributed by atoms with van der Waals surface area (Å²) < 4.78 is 5.24. The summed E-state index contributed by atoms with van der Waals surface area (Å²) in [6, 6.07) is 18.7. The molecule has 1 N–H and O–H groups in total. The fourth-order valence-corrected chi connectivity index (χ4v) is 2.34. The van der Waals surface area contributed by atoms with Gasteiger partial charge in [-0.3, -0.25) is 0 Å². The van der Waals surface area contributed by atoms with Gasteiger partial charge in [0.2, 0.25) is 0 Å². The maximum atomic E-state index is 9.50. The second-order valence-electron chi connectivity index (χ2n) is 4.87.